The first-order chi connectivity index (χ1) is 8.61. The summed E-state index contributed by atoms with van der Waals surface area (Å²) in [5.74, 6) is 0.389. The highest BCUT2D eigenvalue weighted by atomic mass is 19.1. The molecule has 0 amide bonds. The van der Waals surface area contributed by atoms with Gasteiger partial charge in [0, 0.05) is 0 Å². The maximum absolute atomic E-state index is 13.0. The maximum Gasteiger partial charge on any atom is 0.123 e. The molecule has 0 aromatic heterocycles. The normalized spacial score (nSPS) is 12.2. The van der Waals surface area contributed by atoms with Crippen LogP contribution in [0.15, 0.2) is 42.5 Å². The van der Waals surface area contributed by atoms with Crippen molar-refractivity contribution >= 4 is 0 Å². The Morgan fingerprint density at radius 1 is 1.17 bits per heavy atom. The molecule has 0 heterocycles. The van der Waals surface area contributed by atoms with E-state index in [0.29, 0.717) is 11.3 Å². The molecule has 0 aliphatic rings. The van der Waals surface area contributed by atoms with Crippen molar-refractivity contribution in [1.29, 1.82) is 0 Å². The second-order valence-electron chi connectivity index (χ2n) is 4.18. The van der Waals surface area contributed by atoms with E-state index in [1.807, 2.05) is 18.2 Å². The van der Waals surface area contributed by atoms with Crippen LogP contribution in [0.3, 0.4) is 0 Å². The van der Waals surface area contributed by atoms with Crippen LogP contribution in [0.2, 0.25) is 0 Å². The van der Waals surface area contributed by atoms with Crippen molar-refractivity contribution in [3.63, 3.8) is 0 Å². The number of aliphatic hydroxyl groups excluding tert-OH is 1. The lowest BCUT2D eigenvalue weighted by atomic mass is 9.97. The van der Waals surface area contributed by atoms with Crippen LogP contribution in [0.25, 0.3) is 0 Å². The van der Waals surface area contributed by atoms with Crippen LogP contribution in [-0.4, -0.2) is 12.2 Å². The molecular formula is C15H15FO2. The van der Waals surface area contributed by atoms with Gasteiger partial charge in [0.05, 0.1) is 7.11 Å². The van der Waals surface area contributed by atoms with Gasteiger partial charge in [0.2, 0.25) is 0 Å². The highest BCUT2D eigenvalue weighted by molar-refractivity contribution is 5.38. The summed E-state index contributed by atoms with van der Waals surface area (Å²) in [4.78, 5) is 0. The zero-order valence-corrected chi connectivity index (χ0v) is 10.4. The van der Waals surface area contributed by atoms with Crippen LogP contribution in [0.4, 0.5) is 4.39 Å². The summed E-state index contributed by atoms with van der Waals surface area (Å²) in [5.41, 5.74) is 2.15. The van der Waals surface area contributed by atoms with Crippen molar-refractivity contribution in [2.75, 3.05) is 7.11 Å². The van der Waals surface area contributed by atoms with Crippen molar-refractivity contribution in [1.82, 2.24) is 0 Å². The fraction of sp³-hybridized carbons (Fsp3) is 0.200. The largest absolute Gasteiger partial charge is 0.497 e. The molecule has 3 heteroatoms. The highest BCUT2D eigenvalue weighted by Gasteiger charge is 2.13. The van der Waals surface area contributed by atoms with Crippen molar-refractivity contribution in [3.8, 4) is 5.75 Å². The lowest BCUT2D eigenvalue weighted by molar-refractivity contribution is 0.219. The Kier molecular flexibility index (Phi) is 3.63. The number of benzene rings is 2. The highest BCUT2D eigenvalue weighted by Crippen LogP contribution is 2.27. The fourth-order valence-corrected chi connectivity index (χ4v) is 1.94. The molecule has 0 spiro atoms. The Hall–Kier alpha value is -1.87. The zero-order chi connectivity index (χ0) is 13.1. The molecule has 1 N–H and O–H groups in total. The molecule has 2 rings (SSSR count). The SMILES string of the molecule is COc1cccc(C(O)c2ccc(F)cc2C)c1. The molecule has 0 fully saturated rings. The third-order valence-corrected chi connectivity index (χ3v) is 2.94. The third kappa shape index (κ3) is 2.51. The van der Waals surface area contributed by atoms with Gasteiger partial charge in [0.15, 0.2) is 0 Å². The third-order valence-electron chi connectivity index (χ3n) is 2.94. The van der Waals surface area contributed by atoms with Gasteiger partial charge >= 0.3 is 0 Å². The maximum atomic E-state index is 13.0. The molecule has 0 saturated carbocycles. The van der Waals surface area contributed by atoms with Gasteiger partial charge in [-0.1, -0.05) is 18.2 Å². The number of methoxy groups -OCH3 is 1. The van der Waals surface area contributed by atoms with Crippen LogP contribution in [0, 0.1) is 12.7 Å². The summed E-state index contributed by atoms with van der Waals surface area (Å²) in [6, 6.07) is 11.6. The number of halogens is 1. The van der Waals surface area contributed by atoms with Gasteiger partial charge in [0.1, 0.15) is 17.7 Å². The van der Waals surface area contributed by atoms with E-state index < -0.39 is 6.10 Å². The van der Waals surface area contributed by atoms with Gasteiger partial charge in [0.25, 0.3) is 0 Å². The van der Waals surface area contributed by atoms with Crippen molar-refractivity contribution in [2.24, 2.45) is 0 Å². The van der Waals surface area contributed by atoms with Crippen molar-refractivity contribution < 1.29 is 14.2 Å². The first-order valence-corrected chi connectivity index (χ1v) is 5.70. The Labute approximate surface area is 106 Å². The van der Waals surface area contributed by atoms with E-state index in [0.717, 1.165) is 11.1 Å². The predicted octanol–water partition coefficient (Wildman–Crippen LogP) is 3.22. The molecule has 94 valence electrons. The first kappa shape index (κ1) is 12.6. The number of ether oxygens (including phenoxy) is 1. The molecular weight excluding hydrogens is 231 g/mol. The average Bonchev–Trinajstić information content (AvgIpc) is 2.38. The predicted molar refractivity (Wildman–Crippen MR) is 68.2 cm³/mol. The second-order valence-corrected chi connectivity index (χ2v) is 4.18. The molecule has 2 nitrogen and oxygen atoms in total. The summed E-state index contributed by atoms with van der Waals surface area (Å²) < 4.78 is 18.1. The molecule has 0 bridgehead atoms. The monoisotopic (exact) mass is 246 g/mol. The van der Waals surface area contributed by atoms with E-state index in [2.05, 4.69) is 0 Å². The minimum absolute atomic E-state index is 0.297. The number of rotatable bonds is 3. The Morgan fingerprint density at radius 2 is 1.94 bits per heavy atom. The Morgan fingerprint density at radius 3 is 2.61 bits per heavy atom. The molecule has 0 saturated heterocycles. The summed E-state index contributed by atoms with van der Waals surface area (Å²) >= 11 is 0. The van der Waals surface area contributed by atoms with E-state index in [9.17, 15) is 9.50 Å². The van der Waals surface area contributed by atoms with Crippen LogP contribution < -0.4 is 4.74 Å². The Balaban J connectivity index is 2.37. The lowest BCUT2D eigenvalue weighted by Crippen LogP contribution is -2.02. The van der Waals surface area contributed by atoms with E-state index >= 15 is 0 Å². The van der Waals surface area contributed by atoms with Gasteiger partial charge in [-0.05, 0) is 47.9 Å². The quantitative estimate of drug-likeness (QED) is 0.901. The van der Waals surface area contributed by atoms with Crippen LogP contribution in [-0.2, 0) is 0 Å². The van der Waals surface area contributed by atoms with E-state index in [4.69, 9.17) is 4.74 Å². The van der Waals surface area contributed by atoms with Gasteiger partial charge in [-0.2, -0.15) is 0 Å². The fourth-order valence-electron chi connectivity index (χ4n) is 1.94. The summed E-state index contributed by atoms with van der Waals surface area (Å²) in [6.07, 6.45) is -0.777. The van der Waals surface area contributed by atoms with E-state index in [1.54, 1.807) is 26.2 Å². The Bertz CT molecular complexity index is 552. The molecule has 1 unspecified atom stereocenters. The molecule has 18 heavy (non-hydrogen) atoms. The molecule has 1 atom stereocenters. The van der Waals surface area contributed by atoms with Gasteiger partial charge in [-0.15, -0.1) is 0 Å². The van der Waals surface area contributed by atoms with Gasteiger partial charge < -0.3 is 9.84 Å². The second kappa shape index (κ2) is 5.19. The average molecular weight is 246 g/mol. The van der Waals surface area contributed by atoms with Gasteiger partial charge in [-0.3, -0.25) is 0 Å². The first-order valence-electron chi connectivity index (χ1n) is 5.70. The minimum Gasteiger partial charge on any atom is -0.497 e. The number of aliphatic hydroxyl groups is 1. The summed E-state index contributed by atoms with van der Waals surface area (Å²) in [7, 11) is 1.58. The minimum atomic E-state index is -0.777. The van der Waals surface area contributed by atoms with E-state index in [1.165, 1.54) is 12.1 Å². The standard InChI is InChI=1S/C15H15FO2/c1-10-8-12(16)6-7-14(10)15(17)11-4-3-5-13(9-11)18-2/h3-9,15,17H,1-2H3. The van der Waals surface area contributed by atoms with Crippen LogP contribution in [0.1, 0.15) is 22.8 Å². The smallest absolute Gasteiger partial charge is 0.123 e. The zero-order valence-electron chi connectivity index (χ0n) is 10.4. The topological polar surface area (TPSA) is 29.5 Å². The van der Waals surface area contributed by atoms with Gasteiger partial charge in [-0.25, -0.2) is 4.39 Å². The van der Waals surface area contributed by atoms with Crippen molar-refractivity contribution in [2.45, 2.75) is 13.0 Å². The van der Waals surface area contributed by atoms with Crippen LogP contribution in [0.5, 0.6) is 5.75 Å². The van der Waals surface area contributed by atoms with Crippen LogP contribution >= 0.6 is 0 Å². The molecule has 0 radical (unpaired) electrons. The summed E-state index contributed by atoms with van der Waals surface area (Å²) in [5, 5.41) is 10.3. The lowest BCUT2D eigenvalue weighted by Gasteiger charge is -2.15. The van der Waals surface area contributed by atoms with Crippen molar-refractivity contribution in [3.05, 3.63) is 65.0 Å². The molecule has 2 aromatic rings. The van der Waals surface area contributed by atoms with E-state index in [-0.39, 0.29) is 5.82 Å². The molecule has 0 aliphatic heterocycles. The molecule has 2 aromatic carbocycles. The number of hydrogen-bond donors (Lipinski definition) is 1. The number of hydrogen-bond acceptors (Lipinski definition) is 2. The summed E-state index contributed by atoms with van der Waals surface area (Å²) in [6.45, 7) is 1.78. The molecule has 0 aliphatic carbocycles. The number of aryl methyl sites for hydroxylation is 1.